The summed E-state index contributed by atoms with van der Waals surface area (Å²) in [4.78, 5) is 11.1. The van der Waals surface area contributed by atoms with E-state index < -0.39 is 17.8 Å². The quantitative estimate of drug-likeness (QED) is 0.423. The summed E-state index contributed by atoms with van der Waals surface area (Å²) in [6.07, 6.45) is -5.17. The van der Waals surface area contributed by atoms with Gasteiger partial charge in [0.15, 0.2) is 5.78 Å². The predicted octanol–water partition coefficient (Wildman–Crippen LogP) is 3.29. The second-order valence-corrected chi connectivity index (χ2v) is 2.72. The minimum Gasteiger partial charge on any atom is -0.289 e. The number of benzene rings is 1. The van der Waals surface area contributed by atoms with Crippen molar-refractivity contribution in [1.29, 1.82) is 0 Å². The van der Waals surface area contributed by atoms with Crippen LogP contribution in [0.3, 0.4) is 0 Å². The van der Waals surface area contributed by atoms with Crippen LogP contribution >= 0.6 is 0 Å². The van der Waals surface area contributed by atoms with Crippen molar-refractivity contribution in [2.45, 2.75) is 6.18 Å². The fourth-order valence-electron chi connectivity index (χ4n) is 0.883. The zero-order valence-corrected chi connectivity index (χ0v) is 7.38. The summed E-state index contributed by atoms with van der Waals surface area (Å²) in [5.41, 5.74) is 0.0110. The van der Waals surface area contributed by atoms with Crippen LogP contribution in [-0.4, -0.2) is 12.0 Å². The zero-order chi connectivity index (χ0) is 11.5. The van der Waals surface area contributed by atoms with Crippen LogP contribution in [0.25, 0.3) is 0 Å². The van der Waals surface area contributed by atoms with Crippen molar-refractivity contribution in [3.63, 3.8) is 0 Å². The maximum atomic E-state index is 12.4. The van der Waals surface area contributed by atoms with Gasteiger partial charge in [0.25, 0.3) is 0 Å². The first-order valence-corrected chi connectivity index (χ1v) is 3.95. The van der Waals surface area contributed by atoms with Gasteiger partial charge in [-0.15, -0.1) is 0 Å². The van der Waals surface area contributed by atoms with Crippen LogP contribution in [0.2, 0.25) is 0 Å². The molecule has 0 aliphatic heterocycles. The van der Waals surface area contributed by atoms with E-state index in [-0.39, 0.29) is 11.6 Å². The average molecular weight is 218 g/mol. The first-order valence-electron chi connectivity index (χ1n) is 3.95. The number of alkyl halides is 3. The van der Waals surface area contributed by atoms with Crippen LogP contribution < -0.4 is 0 Å². The lowest BCUT2D eigenvalue weighted by molar-refractivity contribution is -0.108. The van der Waals surface area contributed by atoms with Crippen LogP contribution in [0.1, 0.15) is 10.4 Å². The Morgan fingerprint density at radius 2 is 1.67 bits per heavy atom. The number of allylic oxidation sites excluding steroid dienone is 2. The molecule has 0 aliphatic carbocycles. The molecule has 0 saturated heterocycles. The molecule has 0 heterocycles. The minimum absolute atomic E-state index is 0.0110. The topological polar surface area (TPSA) is 17.1 Å². The summed E-state index contributed by atoms with van der Waals surface area (Å²) in [7, 11) is 0. The molecule has 0 spiro atoms. The van der Waals surface area contributed by atoms with Crippen LogP contribution in [0.5, 0.6) is 0 Å². The second-order valence-electron chi connectivity index (χ2n) is 2.72. The van der Waals surface area contributed by atoms with E-state index in [4.69, 9.17) is 0 Å². The van der Waals surface area contributed by atoms with Gasteiger partial charge in [-0.1, -0.05) is 30.3 Å². The highest BCUT2D eigenvalue weighted by Gasteiger charge is 2.35. The molecular weight excluding hydrogens is 212 g/mol. The van der Waals surface area contributed by atoms with E-state index in [0.717, 1.165) is 0 Å². The molecule has 0 bridgehead atoms. The summed E-state index contributed by atoms with van der Waals surface area (Å²) >= 11 is 0. The smallest absolute Gasteiger partial charge is 0.289 e. The molecule has 0 amide bonds. The first-order chi connectivity index (χ1) is 6.91. The zero-order valence-electron chi connectivity index (χ0n) is 7.38. The first kappa shape index (κ1) is 11.4. The minimum atomic E-state index is -5.11. The summed E-state index contributed by atoms with van der Waals surface area (Å²) in [5, 5.41) is 0. The summed E-state index contributed by atoms with van der Waals surface area (Å²) in [6.45, 7) is 0. The molecule has 0 unspecified atom stereocenters. The number of carbonyl (C=O) groups excluding carboxylic acids is 1. The third-order valence-electron chi connectivity index (χ3n) is 1.59. The second kappa shape index (κ2) is 4.25. The van der Waals surface area contributed by atoms with Crippen LogP contribution in [0.4, 0.5) is 17.6 Å². The lowest BCUT2D eigenvalue weighted by Crippen LogP contribution is -2.10. The van der Waals surface area contributed by atoms with E-state index in [1.54, 1.807) is 6.07 Å². The molecule has 1 aromatic rings. The van der Waals surface area contributed by atoms with E-state index >= 15 is 0 Å². The van der Waals surface area contributed by atoms with Crippen molar-refractivity contribution in [3.05, 3.63) is 47.8 Å². The van der Waals surface area contributed by atoms with Gasteiger partial charge in [-0.25, -0.2) is 4.39 Å². The third-order valence-corrected chi connectivity index (χ3v) is 1.59. The molecule has 15 heavy (non-hydrogen) atoms. The monoisotopic (exact) mass is 218 g/mol. The van der Waals surface area contributed by atoms with Gasteiger partial charge in [-0.05, 0) is 0 Å². The fraction of sp³-hybridized carbons (Fsp3) is 0.100. The summed E-state index contributed by atoms with van der Waals surface area (Å²) in [5.74, 6) is -3.40. The Morgan fingerprint density at radius 3 is 2.13 bits per heavy atom. The van der Waals surface area contributed by atoms with E-state index in [2.05, 4.69) is 0 Å². The van der Waals surface area contributed by atoms with Crippen molar-refractivity contribution in [3.8, 4) is 0 Å². The lowest BCUT2D eigenvalue weighted by Gasteiger charge is -2.01. The highest BCUT2D eigenvalue weighted by molar-refractivity contribution is 6.04. The molecule has 0 atom stereocenters. The standard InChI is InChI=1S/C10H6F4O/c11-9(10(12,13)14)6-8(15)7-4-2-1-3-5-7/h1-6H. The van der Waals surface area contributed by atoms with Gasteiger partial charge in [0.2, 0.25) is 5.83 Å². The van der Waals surface area contributed by atoms with Gasteiger partial charge in [-0.2, -0.15) is 13.2 Å². The molecule has 0 saturated carbocycles. The van der Waals surface area contributed by atoms with Crippen molar-refractivity contribution in [1.82, 2.24) is 0 Å². The molecule has 1 nitrogen and oxygen atoms in total. The molecule has 1 rings (SSSR count). The Morgan fingerprint density at radius 1 is 1.13 bits per heavy atom. The normalized spacial score (nSPS) is 12.7. The Balaban J connectivity index is 2.90. The maximum absolute atomic E-state index is 12.4. The third kappa shape index (κ3) is 3.19. The number of rotatable bonds is 2. The molecule has 0 aliphatic rings. The summed E-state index contributed by atoms with van der Waals surface area (Å²) in [6, 6.07) is 7.17. The van der Waals surface area contributed by atoms with Gasteiger partial charge < -0.3 is 0 Å². The van der Waals surface area contributed by atoms with E-state index in [0.29, 0.717) is 0 Å². The van der Waals surface area contributed by atoms with E-state index in [1.165, 1.54) is 24.3 Å². The van der Waals surface area contributed by atoms with Gasteiger partial charge >= 0.3 is 6.18 Å². The van der Waals surface area contributed by atoms with E-state index in [1.807, 2.05) is 0 Å². The number of halogens is 4. The van der Waals surface area contributed by atoms with Gasteiger partial charge in [0, 0.05) is 11.6 Å². The molecule has 0 fully saturated rings. The number of hydrogen-bond acceptors (Lipinski definition) is 1. The average Bonchev–Trinajstić information content (AvgIpc) is 2.17. The predicted molar refractivity (Wildman–Crippen MR) is 46.0 cm³/mol. The number of hydrogen-bond donors (Lipinski definition) is 0. The molecule has 0 aromatic heterocycles. The molecule has 0 N–H and O–H groups in total. The van der Waals surface area contributed by atoms with Crippen molar-refractivity contribution in [2.24, 2.45) is 0 Å². The number of ketones is 1. The van der Waals surface area contributed by atoms with Gasteiger partial charge in [0.05, 0.1) is 0 Å². The van der Waals surface area contributed by atoms with Crippen molar-refractivity contribution in [2.75, 3.05) is 0 Å². The van der Waals surface area contributed by atoms with Gasteiger partial charge in [0.1, 0.15) is 0 Å². The molecular formula is C10H6F4O. The highest BCUT2D eigenvalue weighted by Crippen LogP contribution is 2.26. The Hall–Kier alpha value is -1.65. The Kier molecular flexibility index (Phi) is 3.24. The molecule has 5 heteroatoms. The van der Waals surface area contributed by atoms with Crippen molar-refractivity contribution < 1.29 is 22.4 Å². The SMILES string of the molecule is O=C(C=C(F)C(F)(F)F)c1ccccc1. The fourth-order valence-corrected chi connectivity index (χ4v) is 0.883. The highest BCUT2D eigenvalue weighted by atomic mass is 19.4. The lowest BCUT2D eigenvalue weighted by atomic mass is 10.1. The molecule has 0 radical (unpaired) electrons. The van der Waals surface area contributed by atoms with Crippen LogP contribution in [-0.2, 0) is 0 Å². The van der Waals surface area contributed by atoms with Crippen molar-refractivity contribution >= 4 is 5.78 Å². The Labute approximate surface area is 83.0 Å². The van der Waals surface area contributed by atoms with Gasteiger partial charge in [-0.3, -0.25) is 4.79 Å². The van der Waals surface area contributed by atoms with E-state index in [9.17, 15) is 22.4 Å². The van der Waals surface area contributed by atoms with Crippen LogP contribution in [0.15, 0.2) is 42.2 Å². The Bertz CT molecular complexity index is 378. The largest absolute Gasteiger partial charge is 0.443 e. The molecule has 80 valence electrons. The molecule has 1 aromatic carbocycles. The maximum Gasteiger partial charge on any atom is 0.443 e. The van der Waals surface area contributed by atoms with Crippen LogP contribution in [0, 0.1) is 0 Å². The number of carbonyl (C=O) groups is 1. The summed E-state index contributed by atoms with van der Waals surface area (Å²) < 4.78 is 47.6.